The third-order valence-electron chi connectivity index (χ3n) is 2.24. The van der Waals surface area contributed by atoms with Gasteiger partial charge in [0.25, 0.3) is 6.29 Å². The minimum absolute atomic E-state index is 0.383. The van der Waals surface area contributed by atoms with E-state index in [-0.39, 0.29) is 0 Å². The summed E-state index contributed by atoms with van der Waals surface area (Å²) in [5.41, 5.74) is 0.888. The fourth-order valence-corrected chi connectivity index (χ4v) is 1.74. The van der Waals surface area contributed by atoms with Gasteiger partial charge in [0.05, 0.1) is 5.56 Å². The normalized spacial score (nSPS) is 18.3. The molecule has 0 bridgehead atoms. The maximum Gasteiger partial charge on any atom is 0.336 e. The van der Waals surface area contributed by atoms with Gasteiger partial charge in [0, 0.05) is 16.1 Å². The highest BCUT2D eigenvalue weighted by atomic mass is 79.9. The summed E-state index contributed by atoms with van der Waals surface area (Å²) in [6, 6.07) is 7.06. The average molecular weight is 294 g/mol. The summed E-state index contributed by atoms with van der Waals surface area (Å²) in [5, 5.41) is 8.95. The summed E-state index contributed by atoms with van der Waals surface area (Å²) in [6.45, 7) is 1.65. The molecule has 5 heteroatoms. The largest absolute Gasteiger partial charge is 0.450 e. The first kappa shape index (κ1) is 11.7. The van der Waals surface area contributed by atoms with E-state index in [1.165, 1.54) is 0 Å². The smallest absolute Gasteiger partial charge is 0.336 e. The molecule has 1 aromatic carbocycles. The van der Waals surface area contributed by atoms with Gasteiger partial charge in [0.15, 0.2) is 0 Å². The van der Waals surface area contributed by atoms with Crippen molar-refractivity contribution in [1.82, 2.24) is 0 Å². The Morgan fingerprint density at radius 3 is 2.88 bits per heavy atom. The molecular weight excluding hydrogens is 286 g/mol. The summed E-state index contributed by atoms with van der Waals surface area (Å²) >= 11 is 3.26. The minimum atomic E-state index is -0.754. The zero-order chi connectivity index (χ0) is 12.4. The number of benzene rings is 1. The monoisotopic (exact) mass is 293 g/mol. The molecule has 86 valence electrons. The molecule has 0 saturated carbocycles. The van der Waals surface area contributed by atoms with Crippen molar-refractivity contribution >= 4 is 21.9 Å². The Hall–Kier alpha value is -1.80. The maximum absolute atomic E-state index is 11.1. The molecule has 1 aliphatic heterocycles. The molecular formula is C12H8BrNO3. The molecule has 4 nitrogen and oxygen atoms in total. The molecule has 1 atom stereocenters. The van der Waals surface area contributed by atoms with E-state index in [2.05, 4.69) is 15.9 Å². The Morgan fingerprint density at radius 2 is 2.29 bits per heavy atom. The number of cyclic esters (lactones) is 1. The van der Waals surface area contributed by atoms with Crippen molar-refractivity contribution in [1.29, 1.82) is 5.26 Å². The van der Waals surface area contributed by atoms with Crippen molar-refractivity contribution < 1.29 is 14.3 Å². The van der Waals surface area contributed by atoms with Crippen LogP contribution >= 0.6 is 15.9 Å². The SMILES string of the molecule is CC1=CC(Oc2ccc(Br)cc2C#N)OC1=O. The Kier molecular flexibility index (Phi) is 3.16. The predicted molar refractivity (Wildman–Crippen MR) is 63.1 cm³/mol. The molecule has 1 aliphatic rings. The van der Waals surface area contributed by atoms with Crippen molar-refractivity contribution in [3.63, 3.8) is 0 Å². The standard InChI is InChI=1S/C12H8BrNO3/c1-7-4-11(17-12(7)15)16-10-3-2-9(13)5-8(10)6-14/h2-5,11H,1H3. The van der Waals surface area contributed by atoms with Crippen LogP contribution in [0.4, 0.5) is 0 Å². The van der Waals surface area contributed by atoms with Gasteiger partial charge >= 0.3 is 5.97 Å². The molecule has 0 aromatic heterocycles. The number of rotatable bonds is 2. The van der Waals surface area contributed by atoms with Crippen molar-refractivity contribution in [2.45, 2.75) is 13.2 Å². The topological polar surface area (TPSA) is 59.3 Å². The molecule has 0 radical (unpaired) electrons. The minimum Gasteiger partial charge on any atom is -0.450 e. The second-order valence-corrected chi connectivity index (χ2v) is 4.41. The van der Waals surface area contributed by atoms with Crippen LogP contribution in [0.1, 0.15) is 12.5 Å². The summed E-state index contributed by atoms with van der Waals surface area (Å²) < 4.78 is 11.2. The number of carbonyl (C=O) groups is 1. The fraction of sp³-hybridized carbons (Fsp3) is 0.167. The maximum atomic E-state index is 11.1. The number of hydrogen-bond acceptors (Lipinski definition) is 4. The Labute approximate surface area is 107 Å². The van der Waals surface area contributed by atoms with Gasteiger partial charge in [-0.05, 0) is 25.1 Å². The number of ether oxygens (including phenoxy) is 2. The highest BCUT2D eigenvalue weighted by Gasteiger charge is 2.24. The summed E-state index contributed by atoms with van der Waals surface area (Å²) in [6.07, 6.45) is 0.821. The lowest BCUT2D eigenvalue weighted by atomic mass is 10.2. The van der Waals surface area contributed by atoms with Gasteiger partial charge in [-0.25, -0.2) is 4.79 Å². The van der Waals surface area contributed by atoms with E-state index in [9.17, 15) is 4.79 Å². The summed E-state index contributed by atoms with van der Waals surface area (Å²) in [4.78, 5) is 11.1. The molecule has 0 fully saturated rings. The molecule has 1 unspecified atom stereocenters. The summed E-state index contributed by atoms with van der Waals surface area (Å²) in [5.74, 6) is -0.00920. The molecule has 0 aliphatic carbocycles. The van der Waals surface area contributed by atoms with Crippen LogP contribution in [0.15, 0.2) is 34.3 Å². The third kappa shape index (κ3) is 2.48. The van der Waals surface area contributed by atoms with Crippen LogP contribution in [0.5, 0.6) is 5.75 Å². The average Bonchev–Trinajstić information content (AvgIpc) is 2.60. The highest BCUT2D eigenvalue weighted by Crippen LogP contribution is 2.25. The van der Waals surface area contributed by atoms with Gasteiger partial charge in [0.1, 0.15) is 11.8 Å². The van der Waals surface area contributed by atoms with E-state index in [1.54, 1.807) is 31.2 Å². The van der Waals surface area contributed by atoms with Gasteiger partial charge < -0.3 is 9.47 Å². The Bertz CT molecular complexity index is 545. The first-order chi connectivity index (χ1) is 8.10. The lowest BCUT2D eigenvalue weighted by Gasteiger charge is -2.12. The Morgan fingerprint density at radius 1 is 1.53 bits per heavy atom. The number of nitriles is 1. The number of carbonyl (C=O) groups excluding carboxylic acids is 1. The number of halogens is 1. The predicted octanol–water partition coefficient (Wildman–Crippen LogP) is 2.53. The molecule has 0 amide bonds. The van der Waals surface area contributed by atoms with Gasteiger partial charge in [-0.2, -0.15) is 5.26 Å². The van der Waals surface area contributed by atoms with Crippen molar-refractivity contribution in [2.24, 2.45) is 0 Å². The number of esters is 1. The van der Waals surface area contributed by atoms with E-state index in [0.717, 1.165) is 4.47 Å². The van der Waals surface area contributed by atoms with Gasteiger partial charge in [-0.15, -0.1) is 0 Å². The van der Waals surface area contributed by atoms with E-state index >= 15 is 0 Å². The van der Waals surface area contributed by atoms with E-state index in [0.29, 0.717) is 16.9 Å². The molecule has 2 rings (SSSR count). The van der Waals surface area contributed by atoms with Crippen LogP contribution in [0.2, 0.25) is 0 Å². The first-order valence-electron chi connectivity index (χ1n) is 4.86. The molecule has 0 saturated heterocycles. The summed E-state index contributed by atoms with van der Waals surface area (Å²) in [7, 11) is 0. The van der Waals surface area contributed by atoms with Crippen LogP contribution < -0.4 is 4.74 Å². The van der Waals surface area contributed by atoms with Crippen LogP contribution in [0, 0.1) is 11.3 Å². The van der Waals surface area contributed by atoms with E-state index < -0.39 is 12.3 Å². The Balaban J connectivity index is 2.21. The van der Waals surface area contributed by atoms with Gasteiger partial charge in [-0.3, -0.25) is 0 Å². The first-order valence-corrected chi connectivity index (χ1v) is 5.65. The number of hydrogen-bond donors (Lipinski definition) is 0. The highest BCUT2D eigenvalue weighted by molar-refractivity contribution is 9.10. The van der Waals surface area contributed by atoms with E-state index in [1.807, 2.05) is 6.07 Å². The lowest BCUT2D eigenvalue weighted by molar-refractivity contribution is -0.148. The second-order valence-electron chi connectivity index (χ2n) is 3.49. The van der Waals surface area contributed by atoms with E-state index in [4.69, 9.17) is 14.7 Å². The molecule has 0 spiro atoms. The second kappa shape index (κ2) is 4.60. The van der Waals surface area contributed by atoms with Crippen LogP contribution in [0.3, 0.4) is 0 Å². The zero-order valence-electron chi connectivity index (χ0n) is 8.94. The molecule has 17 heavy (non-hydrogen) atoms. The van der Waals surface area contributed by atoms with Crippen molar-refractivity contribution in [3.05, 3.63) is 39.9 Å². The fourth-order valence-electron chi connectivity index (χ4n) is 1.38. The van der Waals surface area contributed by atoms with Crippen LogP contribution in [-0.2, 0) is 9.53 Å². The van der Waals surface area contributed by atoms with Crippen molar-refractivity contribution in [3.8, 4) is 11.8 Å². The molecule has 0 N–H and O–H groups in total. The lowest BCUT2D eigenvalue weighted by Crippen LogP contribution is -2.16. The quantitative estimate of drug-likeness (QED) is 0.786. The molecule has 1 aromatic rings. The number of nitrogens with zero attached hydrogens (tertiary/aromatic N) is 1. The van der Waals surface area contributed by atoms with Crippen molar-refractivity contribution in [2.75, 3.05) is 0 Å². The van der Waals surface area contributed by atoms with Gasteiger partial charge in [0.2, 0.25) is 0 Å². The third-order valence-corrected chi connectivity index (χ3v) is 2.73. The van der Waals surface area contributed by atoms with Crippen LogP contribution in [-0.4, -0.2) is 12.3 Å². The van der Waals surface area contributed by atoms with Gasteiger partial charge in [-0.1, -0.05) is 15.9 Å². The molecule has 1 heterocycles. The zero-order valence-corrected chi connectivity index (χ0v) is 10.5. The van der Waals surface area contributed by atoms with Crippen LogP contribution in [0.25, 0.3) is 0 Å².